The van der Waals surface area contributed by atoms with Gasteiger partial charge >= 0.3 is 5.97 Å². The highest BCUT2D eigenvalue weighted by Crippen LogP contribution is 2.42. The van der Waals surface area contributed by atoms with Gasteiger partial charge < -0.3 is 14.5 Å². The largest absolute Gasteiger partial charge is 0.466 e. The quantitative estimate of drug-likeness (QED) is 0.600. The van der Waals surface area contributed by atoms with Crippen LogP contribution in [0.3, 0.4) is 0 Å². The summed E-state index contributed by atoms with van der Waals surface area (Å²) in [6.45, 7) is 2.61. The zero-order chi connectivity index (χ0) is 13.0. The maximum Gasteiger partial charge on any atom is 0.309 e. The number of thioether (sulfide) groups is 1. The first kappa shape index (κ1) is 13.4. The Morgan fingerprint density at radius 2 is 2.50 bits per heavy atom. The molecule has 2 rings (SSSR count). The Kier molecular flexibility index (Phi) is 4.66. The second-order valence-electron chi connectivity index (χ2n) is 4.29. The smallest absolute Gasteiger partial charge is 0.309 e. The number of allylic oxidation sites excluding steroid dienone is 2. The van der Waals surface area contributed by atoms with E-state index in [1.165, 1.54) is 10.6 Å². The molecule has 0 aromatic heterocycles. The molecule has 0 radical (unpaired) electrons. The van der Waals surface area contributed by atoms with E-state index in [-0.39, 0.29) is 11.9 Å². The first-order chi connectivity index (χ1) is 8.76. The topological polar surface area (TPSA) is 58.6 Å². The molecular weight excluding hydrogens is 252 g/mol. The summed E-state index contributed by atoms with van der Waals surface area (Å²) in [5, 5.41) is 2.02. The number of nitrogens with one attached hydrogen (secondary N) is 1. The van der Waals surface area contributed by atoms with Crippen LogP contribution in [0.15, 0.2) is 10.6 Å². The van der Waals surface area contributed by atoms with Gasteiger partial charge in [0.05, 0.1) is 24.9 Å². The maximum absolute atomic E-state index is 11.7. The molecule has 1 aliphatic heterocycles. The van der Waals surface area contributed by atoms with Gasteiger partial charge in [-0.2, -0.15) is 0 Å². The fraction of sp³-hybridized carbons (Fsp3) is 0.667. The summed E-state index contributed by atoms with van der Waals surface area (Å²) in [4.78, 5) is 23.3. The van der Waals surface area contributed by atoms with Crippen LogP contribution < -0.4 is 5.43 Å². The summed E-state index contributed by atoms with van der Waals surface area (Å²) in [6.07, 6.45) is 3.33. The average molecular weight is 270 g/mol. The van der Waals surface area contributed by atoms with Crippen molar-refractivity contribution in [3.63, 3.8) is 0 Å². The van der Waals surface area contributed by atoms with Crippen molar-refractivity contribution in [2.75, 3.05) is 19.0 Å². The highest BCUT2D eigenvalue weighted by atomic mass is 32.2. The molecule has 1 aliphatic carbocycles. The van der Waals surface area contributed by atoms with Gasteiger partial charge in [-0.25, -0.2) is 5.43 Å². The number of hydrazine groups is 1. The summed E-state index contributed by atoms with van der Waals surface area (Å²) in [5.41, 5.74) is 4.31. The van der Waals surface area contributed by atoms with Crippen molar-refractivity contribution in [1.29, 1.82) is 0 Å². The molecule has 0 saturated carbocycles. The van der Waals surface area contributed by atoms with Crippen LogP contribution in [0.2, 0.25) is 0 Å². The second kappa shape index (κ2) is 6.24. The van der Waals surface area contributed by atoms with Crippen LogP contribution in [0.4, 0.5) is 0 Å². The van der Waals surface area contributed by atoms with Crippen molar-refractivity contribution in [2.24, 2.45) is 5.92 Å². The Labute approximate surface area is 111 Å². The SMILES string of the molecule is CCOC(=O)C1CCC2=C(C1)SCN2NCC=O. The molecule has 18 heavy (non-hydrogen) atoms. The number of hydrogen-bond acceptors (Lipinski definition) is 6. The van der Waals surface area contributed by atoms with Crippen LogP contribution in [0.25, 0.3) is 0 Å². The third-order valence-corrected chi connectivity index (χ3v) is 4.30. The van der Waals surface area contributed by atoms with E-state index in [1.807, 2.05) is 11.9 Å². The monoisotopic (exact) mass is 270 g/mol. The molecule has 2 aliphatic rings. The van der Waals surface area contributed by atoms with E-state index >= 15 is 0 Å². The third-order valence-electron chi connectivity index (χ3n) is 3.16. The summed E-state index contributed by atoms with van der Waals surface area (Å²) in [5.74, 6) is 0.736. The molecule has 5 nitrogen and oxygen atoms in total. The van der Waals surface area contributed by atoms with E-state index in [0.29, 0.717) is 13.2 Å². The van der Waals surface area contributed by atoms with Crippen LogP contribution in [0.1, 0.15) is 26.2 Å². The molecule has 1 N–H and O–H groups in total. The third kappa shape index (κ3) is 2.87. The maximum atomic E-state index is 11.7. The molecule has 1 heterocycles. The number of hydrogen-bond donors (Lipinski definition) is 1. The van der Waals surface area contributed by atoms with Gasteiger partial charge in [0.1, 0.15) is 6.29 Å². The lowest BCUT2D eigenvalue weighted by Crippen LogP contribution is -2.37. The van der Waals surface area contributed by atoms with Gasteiger partial charge in [-0.05, 0) is 26.2 Å². The van der Waals surface area contributed by atoms with E-state index in [9.17, 15) is 9.59 Å². The minimum atomic E-state index is -0.0797. The lowest BCUT2D eigenvalue weighted by atomic mass is 9.92. The average Bonchev–Trinajstić information content (AvgIpc) is 2.79. The number of carbonyl (C=O) groups is 2. The zero-order valence-electron chi connectivity index (χ0n) is 10.5. The van der Waals surface area contributed by atoms with Crippen molar-refractivity contribution in [3.8, 4) is 0 Å². The Balaban J connectivity index is 1.95. The predicted molar refractivity (Wildman–Crippen MR) is 69.4 cm³/mol. The first-order valence-corrected chi connectivity index (χ1v) is 7.21. The number of carbonyl (C=O) groups excluding carboxylic acids is 2. The lowest BCUT2D eigenvalue weighted by Gasteiger charge is -2.26. The molecular formula is C12H18N2O3S. The molecule has 0 amide bonds. The molecule has 0 fully saturated rings. The van der Waals surface area contributed by atoms with Crippen molar-refractivity contribution in [1.82, 2.24) is 10.4 Å². The van der Waals surface area contributed by atoms with Gasteiger partial charge in [0.2, 0.25) is 0 Å². The highest BCUT2D eigenvalue weighted by Gasteiger charge is 2.33. The number of esters is 1. The molecule has 100 valence electrons. The minimum Gasteiger partial charge on any atom is -0.466 e. The first-order valence-electron chi connectivity index (χ1n) is 6.22. The Morgan fingerprint density at radius 3 is 3.22 bits per heavy atom. The predicted octanol–water partition coefficient (Wildman–Crippen LogP) is 1.27. The number of aldehydes is 1. The van der Waals surface area contributed by atoms with Gasteiger partial charge in [-0.15, -0.1) is 11.8 Å². The molecule has 0 spiro atoms. The molecule has 6 heteroatoms. The van der Waals surface area contributed by atoms with Gasteiger partial charge in [-0.1, -0.05) is 0 Å². The van der Waals surface area contributed by atoms with Crippen molar-refractivity contribution in [3.05, 3.63) is 10.6 Å². The van der Waals surface area contributed by atoms with Gasteiger partial charge in [0.15, 0.2) is 0 Å². The minimum absolute atomic E-state index is 0.00206. The van der Waals surface area contributed by atoms with E-state index in [2.05, 4.69) is 5.43 Å². The van der Waals surface area contributed by atoms with Crippen LogP contribution in [-0.4, -0.2) is 36.3 Å². The lowest BCUT2D eigenvalue weighted by molar-refractivity contribution is -0.148. The van der Waals surface area contributed by atoms with E-state index in [0.717, 1.165) is 31.4 Å². The summed E-state index contributed by atoms with van der Waals surface area (Å²) >= 11 is 1.74. The zero-order valence-corrected chi connectivity index (χ0v) is 11.3. The van der Waals surface area contributed by atoms with Gasteiger partial charge in [0, 0.05) is 10.6 Å². The van der Waals surface area contributed by atoms with E-state index in [1.54, 1.807) is 11.8 Å². The summed E-state index contributed by atoms with van der Waals surface area (Å²) in [7, 11) is 0. The molecule has 0 aromatic rings. The van der Waals surface area contributed by atoms with Gasteiger partial charge in [-0.3, -0.25) is 4.79 Å². The number of ether oxygens (including phenoxy) is 1. The fourth-order valence-corrected chi connectivity index (χ4v) is 3.52. The van der Waals surface area contributed by atoms with Crippen LogP contribution in [-0.2, 0) is 14.3 Å². The summed E-state index contributed by atoms with van der Waals surface area (Å²) < 4.78 is 5.08. The second-order valence-corrected chi connectivity index (χ2v) is 5.33. The summed E-state index contributed by atoms with van der Waals surface area (Å²) in [6, 6.07) is 0. The normalized spacial score (nSPS) is 22.9. The van der Waals surface area contributed by atoms with E-state index < -0.39 is 0 Å². The van der Waals surface area contributed by atoms with Crippen LogP contribution in [0, 0.1) is 5.92 Å². The Morgan fingerprint density at radius 1 is 1.67 bits per heavy atom. The number of nitrogens with zero attached hydrogens (tertiary/aromatic N) is 1. The standard InChI is InChI=1S/C12H18N2O3S/c1-2-17-12(16)9-3-4-10-11(7-9)18-8-14(10)13-5-6-15/h6,9,13H,2-5,7-8H2,1H3. The van der Waals surface area contributed by atoms with Gasteiger partial charge in [0.25, 0.3) is 0 Å². The van der Waals surface area contributed by atoms with Crippen LogP contribution >= 0.6 is 11.8 Å². The molecule has 0 bridgehead atoms. The Bertz CT molecular complexity index is 370. The molecule has 1 unspecified atom stereocenters. The molecule has 0 aromatic carbocycles. The van der Waals surface area contributed by atoms with E-state index in [4.69, 9.17) is 4.74 Å². The fourth-order valence-electron chi connectivity index (χ4n) is 2.29. The molecule has 1 atom stereocenters. The van der Waals surface area contributed by atoms with Crippen molar-refractivity contribution in [2.45, 2.75) is 26.2 Å². The number of rotatable bonds is 5. The Hall–Kier alpha value is -1.01. The van der Waals surface area contributed by atoms with Crippen molar-refractivity contribution < 1.29 is 14.3 Å². The van der Waals surface area contributed by atoms with Crippen molar-refractivity contribution >= 4 is 24.0 Å². The van der Waals surface area contributed by atoms with Crippen LogP contribution in [0.5, 0.6) is 0 Å². The highest BCUT2D eigenvalue weighted by molar-refractivity contribution is 8.03. The molecule has 0 saturated heterocycles.